The second kappa shape index (κ2) is 5.85. The molecule has 0 spiro atoms. The summed E-state index contributed by atoms with van der Waals surface area (Å²) in [6.45, 7) is -0.300. The van der Waals surface area contributed by atoms with Gasteiger partial charge in [0.05, 0.1) is 23.0 Å². The van der Waals surface area contributed by atoms with E-state index in [9.17, 15) is 18.0 Å². The number of aromatic nitrogens is 2. The van der Waals surface area contributed by atoms with Crippen LogP contribution in [0.2, 0.25) is 0 Å². The molecule has 3 aromatic rings. The molecule has 6 heteroatoms. The lowest BCUT2D eigenvalue weighted by Gasteiger charge is -2.15. The maximum Gasteiger partial charge on any atom is 0.416 e. The molecule has 0 atom stereocenters. The fourth-order valence-corrected chi connectivity index (χ4v) is 2.53. The maximum atomic E-state index is 13.1. The Bertz CT molecular complexity index is 1010. The van der Waals surface area contributed by atoms with Crippen LogP contribution in [0.1, 0.15) is 17.0 Å². The summed E-state index contributed by atoms with van der Waals surface area (Å²) in [6, 6.07) is 11.7. The number of benzene rings is 2. The van der Waals surface area contributed by atoms with Crippen LogP contribution in [0.3, 0.4) is 0 Å². The quantitative estimate of drug-likeness (QED) is 0.676. The Morgan fingerprint density at radius 1 is 1.08 bits per heavy atom. The topological polar surface area (TPSA) is 34.9 Å². The number of nitrogens with zero attached hydrogens (tertiary/aromatic N) is 2. The van der Waals surface area contributed by atoms with Crippen LogP contribution in [0.4, 0.5) is 13.2 Å². The van der Waals surface area contributed by atoms with Crippen molar-refractivity contribution in [1.29, 1.82) is 0 Å². The van der Waals surface area contributed by atoms with Crippen molar-refractivity contribution in [3.8, 4) is 12.3 Å². The average Bonchev–Trinajstić information content (AvgIpc) is 2.57. The molecule has 0 fully saturated rings. The molecule has 0 saturated heterocycles. The predicted octanol–water partition coefficient (Wildman–Crippen LogP) is 3.44. The Balaban J connectivity index is 2.21. The summed E-state index contributed by atoms with van der Waals surface area (Å²) in [5.74, 6) is 2.27. The Hall–Kier alpha value is -3.07. The van der Waals surface area contributed by atoms with Crippen LogP contribution in [0, 0.1) is 12.3 Å². The number of fused-ring (bicyclic) bond motifs is 1. The van der Waals surface area contributed by atoms with Gasteiger partial charge in [-0.3, -0.25) is 9.36 Å². The van der Waals surface area contributed by atoms with Gasteiger partial charge in [0.1, 0.15) is 0 Å². The zero-order chi connectivity index (χ0) is 17.3. The zero-order valence-corrected chi connectivity index (χ0v) is 12.3. The van der Waals surface area contributed by atoms with Gasteiger partial charge >= 0.3 is 6.18 Å². The van der Waals surface area contributed by atoms with Crippen LogP contribution in [-0.2, 0) is 12.7 Å². The minimum atomic E-state index is -4.51. The third-order valence-electron chi connectivity index (χ3n) is 3.64. The lowest BCUT2D eigenvalue weighted by atomic mass is 10.1. The van der Waals surface area contributed by atoms with Crippen LogP contribution in [0.15, 0.2) is 53.3 Å². The Labute approximate surface area is 135 Å². The number of terminal acetylenes is 1. The first kappa shape index (κ1) is 15.8. The summed E-state index contributed by atoms with van der Waals surface area (Å²) in [5, 5.41) is 0.306. The van der Waals surface area contributed by atoms with E-state index in [0.717, 1.165) is 10.6 Å². The van der Waals surface area contributed by atoms with Gasteiger partial charge in [-0.25, -0.2) is 4.98 Å². The molecule has 0 unspecified atom stereocenters. The second-order valence-electron chi connectivity index (χ2n) is 5.14. The highest BCUT2D eigenvalue weighted by Crippen LogP contribution is 2.32. The van der Waals surface area contributed by atoms with Crippen molar-refractivity contribution in [3.63, 3.8) is 0 Å². The van der Waals surface area contributed by atoms with Gasteiger partial charge in [-0.15, -0.1) is 6.42 Å². The lowest BCUT2D eigenvalue weighted by Crippen LogP contribution is -2.26. The van der Waals surface area contributed by atoms with Crippen molar-refractivity contribution in [2.75, 3.05) is 0 Å². The smallest absolute Gasteiger partial charge is 0.281 e. The van der Waals surface area contributed by atoms with E-state index in [0.29, 0.717) is 10.9 Å². The molecule has 1 heterocycles. The molecule has 1 aromatic heterocycles. The van der Waals surface area contributed by atoms with Gasteiger partial charge < -0.3 is 0 Å². The van der Waals surface area contributed by atoms with Crippen LogP contribution in [0.25, 0.3) is 10.9 Å². The van der Waals surface area contributed by atoms with Gasteiger partial charge in [0.15, 0.2) is 5.82 Å². The van der Waals surface area contributed by atoms with Crippen LogP contribution in [-0.4, -0.2) is 9.55 Å². The first-order valence-corrected chi connectivity index (χ1v) is 7.03. The summed E-state index contributed by atoms with van der Waals surface area (Å²) >= 11 is 0. The Kier molecular flexibility index (Phi) is 3.86. The van der Waals surface area contributed by atoms with E-state index in [-0.39, 0.29) is 17.9 Å². The van der Waals surface area contributed by atoms with Gasteiger partial charge in [0.2, 0.25) is 0 Å². The highest BCUT2D eigenvalue weighted by Gasteiger charge is 2.33. The fourth-order valence-electron chi connectivity index (χ4n) is 2.53. The molecule has 0 aliphatic carbocycles. The van der Waals surface area contributed by atoms with E-state index in [1.165, 1.54) is 18.2 Å². The van der Waals surface area contributed by atoms with E-state index in [4.69, 9.17) is 6.42 Å². The fraction of sp³-hybridized carbons (Fsp3) is 0.111. The molecule has 3 rings (SSSR count). The summed E-state index contributed by atoms with van der Waals surface area (Å²) in [6.07, 6.45) is 0.880. The number of rotatable bonds is 2. The Morgan fingerprint density at radius 2 is 1.75 bits per heavy atom. The SMILES string of the molecule is C#Cc1nc2ccccc2c(=O)n1Cc1ccccc1C(F)(F)F. The molecule has 24 heavy (non-hydrogen) atoms. The van der Waals surface area contributed by atoms with E-state index in [2.05, 4.69) is 10.9 Å². The summed E-state index contributed by atoms with van der Waals surface area (Å²) < 4.78 is 40.5. The third kappa shape index (κ3) is 2.76. The molecule has 0 radical (unpaired) electrons. The third-order valence-corrected chi connectivity index (χ3v) is 3.64. The highest BCUT2D eigenvalue weighted by molar-refractivity contribution is 5.77. The maximum absolute atomic E-state index is 13.1. The number of hydrogen-bond acceptors (Lipinski definition) is 2. The highest BCUT2D eigenvalue weighted by atomic mass is 19.4. The second-order valence-corrected chi connectivity index (χ2v) is 5.14. The molecule has 120 valence electrons. The molecule has 0 aliphatic heterocycles. The van der Waals surface area contributed by atoms with Gasteiger partial charge in [-0.2, -0.15) is 13.2 Å². The number of halogens is 3. The monoisotopic (exact) mass is 328 g/mol. The van der Waals surface area contributed by atoms with E-state index in [1.807, 2.05) is 0 Å². The van der Waals surface area contributed by atoms with Crippen molar-refractivity contribution < 1.29 is 13.2 Å². The van der Waals surface area contributed by atoms with E-state index in [1.54, 1.807) is 24.3 Å². The zero-order valence-electron chi connectivity index (χ0n) is 12.3. The van der Waals surface area contributed by atoms with Crippen molar-refractivity contribution in [2.24, 2.45) is 0 Å². The van der Waals surface area contributed by atoms with Gasteiger partial charge in [-0.05, 0) is 29.7 Å². The molecule has 0 bridgehead atoms. The molecule has 0 N–H and O–H groups in total. The first-order valence-electron chi connectivity index (χ1n) is 7.03. The number of alkyl halides is 3. The minimum Gasteiger partial charge on any atom is -0.281 e. The molecule has 0 amide bonds. The van der Waals surface area contributed by atoms with Crippen LogP contribution in [0.5, 0.6) is 0 Å². The van der Waals surface area contributed by atoms with Gasteiger partial charge in [-0.1, -0.05) is 30.3 Å². The largest absolute Gasteiger partial charge is 0.416 e. The first-order chi connectivity index (χ1) is 11.4. The molecular weight excluding hydrogens is 317 g/mol. The minimum absolute atomic E-state index is 0.00400. The summed E-state index contributed by atoms with van der Waals surface area (Å²) in [7, 11) is 0. The standard InChI is InChI=1S/C18H11F3N2O/c1-2-16-22-15-10-6-4-8-13(15)17(24)23(16)11-12-7-3-5-9-14(12)18(19,20)21/h1,3-10H,11H2. The normalized spacial score (nSPS) is 11.4. The van der Waals surface area contributed by atoms with Crippen molar-refractivity contribution in [1.82, 2.24) is 9.55 Å². The number of para-hydroxylation sites is 1. The Morgan fingerprint density at radius 3 is 2.46 bits per heavy atom. The molecular formula is C18H11F3N2O. The van der Waals surface area contributed by atoms with E-state index < -0.39 is 17.3 Å². The van der Waals surface area contributed by atoms with Crippen molar-refractivity contribution in [3.05, 3.63) is 75.8 Å². The average molecular weight is 328 g/mol. The van der Waals surface area contributed by atoms with Gasteiger partial charge in [0.25, 0.3) is 5.56 Å². The predicted molar refractivity (Wildman–Crippen MR) is 84.5 cm³/mol. The van der Waals surface area contributed by atoms with Crippen molar-refractivity contribution >= 4 is 10.9 Å². The molecule has 0 aliphatic rings. The van der Waals surface area contributed by atoms with Crippen LogP contribution < -0.4 is 5.56 Å². The number of hydrogen-bond donors (Lipinski definition) is 0. The van der Waals surface area contributed by atoms with E-state index >= 15 is 0 Å². The van der Waals surface area contributed by atoms with Gasteiger partial charge in [0, 0.05) is 0 Å². The lowest BCUT2D eigenvalue weighted by molar-refractivity contribution is -0.138. The van der Waals surface area contributed by atoms with Crippen molar-refractivity contribution in [2.45, 2.75) is 12.7 Å². The van der Waals surface area contributed by atoms with Crippen LogP contribution >= 0.6 is 0 Å². The molecule has 0 saturated carbocycles. The summed E-state index contributed by atoms with van der Waals surface area (Å²) in [5.41, 5.74) is -0.893. The molecule has 2 aromatic carbocycles. The molecule has 3 nitrogen and oxygen atoms in total. The summed E-state index contributed by atoms with van der Waals surface area (Å²) in [4.78, 5) is 16.8.